The van der Waals surface area contributed by atoms with E-state index in [2.05, 4.69) is 9.62 Å². The monoisotopic (exact) mass is 383 g/mol. The Bertz CT molecular complexity index is 760. The van der Waals surface area contributed by atoms with Gasteiger partial charge in [-0.25, -0.2) is 13.1 Å². The first kappa shape index (κ1) is 18.9. The van der Waals surface area contributed by atoms with Crippen LogP contribution in [0.25, 0.3) is 0 Å². The van der Waals surface area contributed by atoms with Gasteiger partial charge in [-0.05, 0) is 24.6 Å². The maximum absolute atomic E-state index is 12.4. The molecular formula is C17H25N3O5S. The summed E-state index contributed by atoms with van der Waals surface area (Å²) in [6.07, 6.45) is 1.06. The second-order valence-corrected chi connectivity index (χ2v) is 8.47. The van der Waals surface area contributed by atoms with Crippen molar-refractivity contribution < 1.29 is 22.7 Å². The van der Waals surface area contributed by atoms with Crippen molar-refractivity contribution in [1.29, 1.82) is 0 Å². The van der Waals surface area contributed by atoms with Gasteiger partial charge < -0.3 is 14.4 Å². The molecule has 8 nitrogen and oxygen atoms in total. The molecule has 2 aliphatic rings. The van der Waals surface area contributed by atoms with Gasteiger partial charge in [-0.15, -0.1) is 0 Å². The summed E-state index contributed by atoms with van der Waals surface area (Å²) < 4.78 is 36.0. The Kier molecular flexibility index (Phi) is 5.69. The maximum Gasteiger partial charge on any atom is 0.240 e. The lowest BCUT2D eigenvalue weighted by Gasteiger charge is -2.36. The number of nitrogens with zero attached hydrogens (tertiary/aromatic N) is 2. The number of fused-ring (bicyclic) bond motifs is 1. The molecule has 0 spiro atoms. The minimum absolute atomic E-state index is 0.186. The summed E-state index contributed by atoms with van der Waals surface area (Å²) in [6, 6.07) is 5.23. The summed E-state index contributed by atoms with van der Waals surface area (Å²) >= 11 is 0. The van der Waals surface area contributed by atoms with Crippen molar-refractivity contribution in [3.63, 3.8) is 0 Å². The smallest absolute Gasteiger partial charge is 0.240 e. The van der Waals surface area contributed by atoms with Crippen molar-refractivity contribution in [2.24, 2.45) is 0 Å². The van der Waals surface area contributed by atoms with Gasteiger partial charge in [0.05, 0.1) is 12.3 Å². The molecule has 26 heavy (non-hydrogen) atoms. The van der Waals surface area contributed by atoms with E-state index in [0.29, 0.717) is 26.3 Å². The lowest BCUT2D eigenvalue weighted by molar-refractivity contribution is -0.134. The van der Waals surface area contributed by atoms with Crippen LogP contribution < -0.4 is 14.2 Å². The van der Waals surface area contributed by atoms with Crippen LogP contribution in [0.3, 0.4) is 0 Å². The highest BCUT2D eigenvalue weighted by Gasteiger charge is 2.26. The SMILES string of the molecule is CC(NS(C)(=O)=O)C(=O)N1CCN(Cc2ccc3c(c2)OCCO3)CC1. The number of benzene rings is 1. The predicted molar refractivity (Wildman–Crippen MR) is 96.7 cm³/mol. The van der Waals surface area contributed by atoms with E-state index >= 15 is 0 Å². The van der Waals surface area contributed by atoms with Crippen LogP contribution in [0.1, 0.15) is 12.5 Å². The van der Waals surface area contributed by atoms with Crippen LogP contribution in [0.4, 0.5) is 0 Å². The number of hydrogen-bond donors (Lipinski definition) is 1. The lowest BCUT2D eigenvalue weighted by atomic mass is 10.1. The van der Waals surface area contributed by atoms with Crippen LogP contribution >= 0.6 is 0 Å². The third-order valence-corrected chi connectivity index (χ3v) is 5.24. The van der Waals surface area contributed by atoms with Crippen molar-refractivity contribution in [2.45, 2.75) is 19.5 Å². The van der Waals surface area contributed by atoms with E-state index in [1.54, 1.807) is 11.8 Å². The Morgan fingerprint density at radius 2 is 1.81 bits per heavy atom. The van der Waals surface area contributed by atoms with Crippen molar-refractivity contribution in [2.75, 3.05) is 45.6 Å². The number of carbonyl (C=O) groups is 1. The molecule has 0 radical (unpaired) electrons. The quantitative estimate of drug-likeness (QED) is 0.772. The van der Waals surface area contributed by atoms with Gasteiger partial charge in [0.15, 0.2) is 11.5 Å². The third kappa shape index (κ3) is 4.87. The summed E-state index contributed by atoms with van der Waals surface area (Å²) in [4.78, 5) is 16.3. The molecule has 1 fully saturated rings. The minimum atomic E-state index is -3.40. The van der Waals surface area contributed by atoms with Gasteiger partial charge in [-0.3, -0.25) is 9.69 Å². The van der Waals surface area contributed by atoms with Gasteiger partial charge in [0.25, 0.3) is 0 Å². The van der Waals surface area contributed by atoms with E-state index in [1.165, 1.54) is 0 Å². The zero-order chi connectivity index (χ0) is 18.7. The number of amides is 1. The average Bonchev–Trinajstić information content (AvgIpc) is 2.60. The molecule has 3 rings (SSSR count). The first-order valence-electron chi connectivity index (χ1n) is 8.69. The normalized spacial score (nSPS) is 19.2. The second-order valence-electron chi connectivity index (χ2n) is 6.69. The number of carbonyl (C=O) groups excluding carboxylic acids is 1. The summed E-state index contributed by atoms with van der Waals surface area (Å²) in [5.41, 5.74) is 1.14. The summed E-state index contributed by atoms with van der Waals surface area (Å²) in [5.74, 6) is 1.38. The number of nitrogens with one attached hydrogen (secondary N) is 1. The van der Waals surface area contributed by atoms with Crippen LogP contribution in [0.2, 0.25) is 0 Å². The fourth-order valence-corrected chi connectivity index (χ4v) is 3.96. The summed E-state index contributed by atoms with van der Waals surface area (Å²) in [7, 11) is -3.40. The predicted octanol–water partition coefficient (Wildman–Crippen LogP) is 0.0397. The van der Waals surface area contributed by atoms with E-state index < -0.39 is 16.1 Å². The van der Waals surface area contributed by atoms with Crippen LogP contribution in [0.15, 0.2) is 18.2 Å². The molecule has 0 aromatic heterocycles. The first-order valence-corrected chi connectivity index (χ1v) is 10.6. The number of rotatable bonds is 5. The molecule has 1 unspecified atom stereocenters. The highest BCUT2D eigenvalue weighted by Crippen LogP contribution is 2.31. The lowest BCUT2D eigenvalue weighted by Crippen LogP contribution is -2.53. The molecule has 1 atom stereocenters. The van der Waals surface area contributed by atoms with Crippen molar-refractivity contribution >= 4 is 15.9 Å². The molecule has 1 amide bonds. The molecule has 1 aromatic rings. The van der Waals surface area contributed by atoms with Crippen LogP contribution in [-0.2, 0) is 21.4 Å². The minimum Gasteiger partial charge on any atom is -0.486 e. The standard InChI is InChI=1S/C17H25N3O5S/c1-13(18-26(2,22)23)17(21)20-7-5-19(6-8-20)12-14-3-4-15-16(11-14)25-10-9-24-15/h3-4,11,13,18H,5-10,12H2,1-2H3. The third-order valence-electron chi connectivity index (χ3n) is 4.46. The zero-order valence-corrected chi connectivity index (χ0v) is 15.9. The van der Waals surface area contributed by atoms with Crippen LogP contribution in [0.5, 0.6) is 11.5 Å². The fraction of sp³-hybridized carbons (Fsp3) is 0.588. The number of sulfonamides is 1. The number of ether oxygens (including phenoxy) is 2. The zero-order valence-electron chi connectivity index (χ0n) is 15.1. The molecule has 0 bridgehead atoms. The molecule has 144 valence electrons. The van der Waals surface area contributed by atoms with Crippen molar-refractivity contribution in [3.8, 4) is 11.5 Å². The average molecular weight is 383 g/mol. The fourth-order valence-electron chi connectivity index (χ4n) is 3.22. The molecule has 9 heteroatoms. The highest BCUT2D eigenvalue weighted by atomic mass is 32.2. The van der Waals surface area contributed by atoms with Crippen molar-refractivity contribution in [3.05, 3.63) is 23.8 Å². The number of piperazine rings is 1. The molecule has 1 saturated heterocycles. The Morgan fingerprint density at radius 3 is 2.46 bits per heavy atom. The van der Waals surface area contributed by atoms with E-state index in [9.17, 15) is 13.2 Å². The van der Waals surface area contributed by atoms with E-state index in [-0.39, 0.29) is 5.91 Å². The molecule has 0 aliphatic carbocycles. The molecule has 0 saturated carbocycles. The van der Waals surface area contributed by atoms with Crippen LogP contribution in [0, 0.1) is 0 Å². The van der Waals surface area contributed by atoms with Gasteiger partial charge in [-0.1, -0.05) is 6.07 Å². The molecule has 2 heterocycles. The molecule has 1 aromatic carbocycles. The number of hydrogen-bond acceptors (Lipinski definition) is 6. The van der Waals surface area contributed by atoms with Gasteiger partial charge in [0, 0.05) is 32.7 Å². The topological polar surface area (TPSA) is 88.2 Å². The first-order chi connectivity index (χ1) is 12.3. The molecular weight excluding hydrogens is 358 g/mol. The Balaban J connectivity index is 1.51. The molecule has 2 aliphatic heterocycles. The second kappa shape index (κ2) is 7.81. The van der Waals surface area contributed by atoms with E-state index in [4.69, 9.17) is 9.47 Å². The Morgan fingerprint density at radius 1 is 1.15 bits per heavy atom. The largest absolute Gasteiger partial charge is 0.486 e. The van der Waals surface area contributed by atoms with Gasteiger partial charge >= 0.3 is 0 Å². The Labute approximate surface area is 154 Å². The van der Waals surface area contributed by atoms with Gasteiger partial charge in [-0.2, -0.15) is 0 Å². The maximum atomic E-state index is 12.4. The van der Waals surface area contributed by atoms with E-state index in [0.717, 1.165) is 43.0 Å². The van der Waals surface area contributed by atoms with Gasteiger partial charge in [0.1, 0.15) is 13.2 Å². The summed E-state index contributed by atoms with van der Waals surface area (Å²) in [5, 5.41) is 0. The Hall–Kier alpha value is -1.84. The highest BCUT2D eigenvalue weighted by molar-refractivity contribution is 7.88. The summed E-state index contributed by atoms with van der Waals surface area (Å²) in [6.45, 7) is 6.14. The molecule has 1 N–H and O–H groups in total. The van der Waals surface area contributed by atoms with Gasteiger partial charge in [0.2, 0.25) is 15.9 Å². The van der Waals surface area contributed by atoms with E-state index in [1.807, 2.05) is 18.2 Å². The van der Waals surface area contributed by atoms with Crippen molar-refractivity contribution in [1.82, 2.24) is 14.5 Å². The van der Waals surface area contributed by atoms with Crippen LogP contribution in [-0.4, -0.2) is 75.8 Å².